The number of fused-ring (bicyclic) bond motifs is 1. The lowest BCUT2D eigenvalue weighted by Crippen LogP contribution is -2.12. The Morgan fingerprint density at radius 2 is 2.19 bits per heavy atom. The van der Waals surface area contributed by atoms with Gasteiger partial charge < -0.3 is 10.6 Å². The van der Waals surface area contributed by atoms with Gasteiger partial charge in [0.25, 0.3) is 5.91 Å². The lowest BCUT2D eigenvalue weighted by Gasteiger charge is -2.10. The van der Waals surface area contributed by atoms with E-state index in [0.717, 1.165) is 16.8 Å². The van der Waals surface area contributed by atoms with Crippen molar-refractivity contribution in [3.63, 3.8) is 0 Å². The van der Waals surface area contributed by atoms with Gasteiger partial charge in [-0.3, -0.25) is 4.79 Å². The first kappa shape index (κ1) is 13.1. The maximum absolute atomic E-state index is 13.3. The van der Waals surface area contributed by atoms with Gasteiger partial charge in [0.1, 0.15) is 11.9 Å². The lowest BCUT2D eigenvalue weighted by atomic mass is 10.1. The predicted molar refractivity (Wildman–Crippen MR) is 76.1 cm³/mol. The summed E-state index contributed by atoms with van der Waals surface area (Å²) >= 11 is 0. The number of hydrogen-bond acceptors (Lipinski definition) is 3. The molecule has 3 rings (SSSR count). The molecule has 0 aliphatic carbocycles. The van der Waals surface area contributed by atoms with E-state index < -0.39 is 5.82 Å². The molecule has 1 heterocycles. The molecule has 2 N–H and O–H groups in total. The molecule has 104 valence electrons. The second-order valence-electron chi connectivity index (χ2n) is 4.79. The predicted octanol–water partition coefficient (Wildman–Crippen LogP) is 2.55. The number of nitrogens with one attached hydrogen (secondary N) is 2. The monoisotopic (exact) mass is 281 g/mol. The Labute approximate surface area is 121 Å². The Morgan fingerprint density at radius 3 is 3.00 bits per heavy atom. The quantitative estimate of drug-likeness (QED) is 0.908. The summed E-state index contributed by atoms with van der Waals surface area (Å²) in [5, 5.41) is 14.8. The van der Waals surface area contributed by atoms with E-state index in [1.807, 2.05) is 18.2 Å². The fraction of sp³-hybridized carbons (Fsp3) is 0.125. The van der Waals surface area contributed by atoms with Gasteiger partial charge in [0.2, 0.25) is 0 Å². The van der Waals surface area contributed by atoms with Crippen LogP contribution in [0, 0.1) is 17.1 Å². The van der Waals surface area contributed by atoms with Crippen molar-refractivity contribution in [2.75, 3.05) is 5.32 Å². The maximum Gasteiger partial charge on any atom is 0.251 e. The zero-order valence-corrected chi connectivity index (χ0v) is 11.1. The van der Waals surface area contributed by atoms with Gasteiger partial charge in [-0.2, -0.15) is 5.26 Å². The highest BCUT2D eigenvalue weighted by Crippen LogP contribution is 2.24. The van der Waals surface area contributed by atoms with Crippen LogP contribution in [0.15, 0.2) is 36.4 Å². The molecule has 5 heteroatoms. The summed E-state index contributed by atoms with van der Waals surface area (Å²) in [4.78, 5) is 11.6. The Hall–Kier alpha value is -2.87. The number of halogens is 1. The zero-order valence-electron chi connectivity index (χ0n) is 11.1. The van der Waals surface area contributed by atoms with Gasteiger partial charge in [0, 0.05) is 29.9 Å². The SMILES string of the molecule is N#Cc1cc(CNc2cccc3c2CNC3=O)ccc1F. The molecule has 1 amide bonds. The Morgan fingerprint density at radius 1 is 1.33 bits per heavy atom. The van der Waals surface area contributed by atoms with Crippen molar-refractivity contribution in [3.05, 3.63) is 64.5 Å². The van der Waals surface area contributed by atoms with Crippen LogP contribution in [-0.4, -0.2) is 5.91 Å². The van der Waals surface area contributed by atoms with Gasteiger partial charge in [-0.15, -0.1) is 0 Å². The highest BCUT2D eigenvalue weighted by atomic mass is 19.1. The molecule has 0 atom stereocenters. The van der Waals surface area contributed by atoms with Gasteiger partial charge in [-0.05, 0) is 29.8 Å². The molecule has 0 unspecified atom stereocenters. The number of amides is 1. The van der Waals surface area contributed by atoms with Crippen LogP contribution in [0.4, 0.5) is 10.1 Å². The van der Waals surface area contributed by atoms with Crippen LogP contribution in [0.1, 0.15) is 27.0 Å². The van der Waals surface area contributed by atoms with E-state index in [9.17, 15) is 9.18 Å². The van der Waals surface area contributed by atoms with Crippen LogP contribution in [0.2, 0.25) is 0 Å². The molecule has 1 aliphatic rings. The number of hydrogen-bond donors (Lipinski definition) is 2. The Kier molecular flexibility index (Phi) is 3.28. The first-order valence-electron chi connectivity index (χ1n) is 6.51. The number of carbonyl (C=O) groups is 1. The van der Waals surface area contributed by atoms with Gasteiger partial charge in [-0.1, -0.05) is 12.1 Å². The number of nitriles is 1. The van der Waals surface area contributed by atoms with Crippen molar-refractivity contribution in [3.8, 4) is 6.07 Å². The molecule has 2 aromatic rings. The van der Waals surface area contributed by atoms with Crippen molar-refractivity contribution in [2.24, 2.45) is 0 Å². The summed E-state index contributed by atoms with van der Waals surface area (Å²) in [6.07, 6.45) is 0. The largest absolute Gasteiger partial charge is 0.381 e. The zero-order chi connectivity index (χ0) is 14.8. The molecule has 21 heavy (non-hydrogen) atoms. The topological polar surface area (TPSA) is 64.9 Å². The van der Waals surface area contributed by atoms with Gasteiger partial charge in [0.15, 0.2) is 0 Å². The fourth-order valence-electron chi connectivity index (χ4n) is 2.38. The minimum absolute atomic E-state index is 0.0319. The highest BCUT2D eigenvalue weighted by Gasteiger charge is 2.20. The van der Waals surface area contributed by atoms with Crippen LogP contribution in [-0.2, 0) is 13.1 Å². The summed E-state index contributed by atoms with van der Waals surface area (Å²) in [6, 6.07) is 11.8. The third-order valence-electron chi connectivity index (χ3n) is 3.48. The highest BCUT2D eigenvalue weighted by molar-refractivity contribution is 5.99. The van der Waals surface area contributed by atoms with Crippen molar-refractivity contribution in [1.29, 1.82) is 5.26 Å². The number of rotatable bonds is 3. The summed E-state index contributed by atoms with van der Waals surface area (Å²) in [7, 11) is 0. The molecule has 0 saturated carbocycles. The van der Waals surface area contributed by atoms with E-state index in [1.165, 1.54) is 12.1 Å². The third-order valence-corrected chi connectivity index (χ3v) is 3.48. The van der Waals surface area contributed by atoms with Crippen LogP contribution in [0.3, 0.4) is 0 Å². The average Bonchev–Trinajstić information content (AvgIpc) is 2.89. The second kappa shape index (κ2) is 5.25. The molecule has 1 aliphatic heterocycles. The molecule has 0 aromatic heterocycles. The molecular formula is C16H12FN3O. The fourth-order valence-corrected chi connectivity index (χ4v) is 2.38. The molecule has 0 radical (unpaired) electrons. The van der Waals surface area contributed by atoms with Crippen LogP contribution >= 0.6 is 0 Å². The van der Waals surface area contributed by atoms with Crippen molar-refractivity contribution < 1.29 is 9.18 Å². The van der Waals surface area contributed by atoms with E-state index in [1.54, 1.807) is 12.1 Å². The number of anilines is 1. The molecule has 4 nitrogen and oxygen atoms in total. The second-order valence-corrected chi connectivity index (χ2v) is 4.79. The minimum atomic E-state index is -0.517. The summed E-state index contributed by atoms with van der Waals surface area (Å²) < 4.78 is 13.3. The first-order valence-corrected chi connectivity index (χ1v) is 6.51. The standard InChI is InChI=1S/C16H12FN3O/c17-14-5-4-10(6-11(14)7-18)8-19-15-3-1-2-12-13(15)9-20-16(12)21/h1-6,19H,8-9H2,(H,20,21). The van der Waals surface area contributed by atoms with Gasteiger partial charge in [-0.25, -0.2) is 4.39 Å². The molecule has 0 bridgehead atoms. The van der Waals surface area contributed by atoms with E-state index >= 15 is 0 Å². The summed E-state index contributed by atoms with van der Waals surface area (Å²) in [5.41, 5.74) is 3.32. The van der Waals surface area contributed by atoms with Crippen LogP contribution in [0.5, 0.6) is 0 Å². The van der Waals surface area contributed by atoms with Gasteiger partial charge in [0.05, 0.1) is 5.56 Å². The average molecular weight is 281 g/mol. The van der Waals surface area contributed by atoms with Gasteiger partial charge >= 0.3 is 0 Å². The Balaban J connectivity index is 1.80. The molecule has 0 saturated heterocycles. The number of carbonyl (C=O) groups excluding carboxylic acids is 1. The van der Waals surface area contributed by atoms with E-state index in [0.29, 0.717) is 18.7 Å². The molecule has 0 fully saturated rings. The summed E-state index contributed by atoms with van der Waals surface area (Å²) in [5.74, 6) is -0.584. The lowest BCUT2D eigenvalue weighted by molar-refractivity contribution is 0.0966. The number of nitrogens with zero attached hydrogens (tertiary/aromatic N) is 1. The van der Waals surface area contributed by atoms with E-state index in [-0.39, 0.29) is 11.5 Å². The smallest absolute Gasteiger partial charge is 0.251 e. The maximum atomic E-state index is 13.3. The van der Waals surface area contributed by atoms with Crippen molar-refractivity contribution in [2.45, 2.75) is 13.1 Å². The van der Waals surface area contributed by atoms with Crippen molar-refractivity contribution in [1.82, 2.24) is 5.32 Å². The molecule has 2 aromatic carbocycles. The van der Waals surface area contributed by atoms with Crippen LogP contribution < -0.4 is 10.6 Å². The number of benzene rings is 2. The van der Waals surface area contributed by atoms with Crippen molar-refractivity contribution >= 4 is 11.6 Å². The van der Waals surface area contributed by atoms with Crippen LogP contribution in [0.25, 0.3) is 0 Å². The molecular weight excluding hydrogens is 269 g/mol. The first-order chi connectivity index (χ1) is 10.2. The van der Waals surface area contributed by atoms with E-state index in [4.69, 9.17) is 5.26 Å². The third kappa shape index (κ3) is 2.43. The Bertz CT molecular complexity index is 765. The normalized spacial score (nSPS) is 12.5. The minimum Gasteiger partial charge on any atom is -0.381 e. The summed E-state index contributed by atoms with van der Waals surface area (Å²) in [6.45, 7) is 0.962. The molecule has 0 spiro atoms. The van der Waals surface area contributed by atoms with E-state index in [2.05, 4.69) is 10.6 Å².